The Hall–Kier alpha value is -3.96. The minimum atomic E-state index is -0.789. The number of nitrogens with zero attached hydrogens (tertiary/aromatic N) is 1. The van der Waals surface area contributed by atoms with Gasteiger partial charge in [-0.3, -0.25) is 14.4 Å². The van der Waals surface area contributed by atoms with Gasteiger partial charge in [0.25, 0.3) is 0 Å². The summed E-state index contributed by atoms with van der Waals surface area (Å²) in [7, 11) is 1.70. The van der Waals surface area contributed by atoms with E-state index in [1.165, 1.54) is 0 Å². The Morgan fingerprint density at radius 1 is 0.857 bits per heavy atom. The van der Waals surface area contributed by atoms with Crippen LogP contribution >= 0.6 is 11.8 Å². The first-order valence-corrected chi connectivity index (χ1v) is 18.2. The number of hydrogen-bond acceptors (Lipinski definition) is 7. The van der Waals surface area contributed by atoms with Crippen molar-refractivity contribution in [1.82, 2.24) is 20.5 Å². The van der Waals surface area contributed by atoms with Gasteiger partial charge in [-0.15, -0.1) is 0 Å². The van der Waals surface area contributed by atoms with Gasteiger partial charge in [0.2, 0.25) is 11.8 Å². The quantitative estimate of drug-likeness (QED) is 0.152. The molecular formula is C39H50N6O3S. The maximum absolute atomic E-state index is 14.4. The van der Waals surface area contributed by atoms with Crippen molar-refractivity contribution in [2.45, 2.75) is 86.8 Å². The van der Waals surface area contributed by atoms with Crippen molar-refractivity contribution in [1.29, 1.82) is 0 Å². The average molecular weight is 683 g/mol. The van der Waals surface area contributed by atoms with Gasteiger partial charge in [-0.25, -0.2) is 0 Å². The van der Waals surface area contributed by atoms with E-state index in [4.69, 9.17) is 11.5 Å². The normalized spacial score (nSPS) is 19.7. The van der Waals surface area contributed by atoms with Crippen LogP contribution in [0.1, 0.15) is 60.8 Å². The van der Waals surface area contributed by atoms with Crippen LogP contribution in [0.15, 0.2) is 82.7 Å². The monoisotopic (exact) mass is 682 g/mol. The zero-order valence-corrected chi connectivity index (χ0v) is 29.5. The summed E-state index contributed by atoms with van der Waals surface area (Å²) in [6.07, 6.45) is 5.58. The topological polar surface area (TPSA) is 146 Å². The SMILES string of the molecule is Cc1ccc2c(c1)Sc1ccccc1CN[C@@H](CCCN)C(=O)C[C@@H](CCCCN)C(=O)N(C)[C@@H](Cc1c[nH]c3ccccc13)C(=O)NC2. The van der Waals surface area contributed by atoms with Crippen LogP contribution in [0.5, 0.6) is 0 Å². The zero-order chi connectivity index (χ0) is 34.8. The minimum Gasteiger partial charge on any atom is -0.361 e. The molecule has 2 heterocycles. The van der Waals surface area contributed by atoms with Gasteiger partial charge >= 0.3 is 0 Å². The van der Waals surface area contributed by atoms with Crippen molar-refractivity contribution in [3.63, 3.8) is 0 Å². The molecule has 5 rings (SSSR count). The third-order valence-corrected chi connectivity index (χ3v) is 10.7. The van der Waals surface area contributed by atoms with Crippen LogP contribution < -0.4 is 22.1 Å². The molecule has 9 nitrogen and oxygen atoms in total. The lowest BCUT2D eigenvalue weighted by Gasteiger charge is -2.31. The third kappa shape index (κ3) is 9.39. The number of nitrogens with one attached hydrogen (secondary N) is 3. The van der Waals surface area contributed by atoms with Gasteiger partial charge in [-0.1, -0.05) is 66.7 Å². The number of carbonyl (C=O) groups is 3. The summed E-state index contributed by atoms with van der Waals surface area (Å²) in [5, 5.41) is 7.73. The van der Waals surface area contributed by atoms with E-state index in [0.717, 1.165) is 55.8 Å². The first-order chi connectivity index (χ1) is 23.8. The van der Waals surface area contributed by atoms with Crippen LogP contribution in [0.4, 0.5) is 0 Å². The van der Waals surface area contributed by atoms with E-state index in [0.29, 0.717) is 51.9 Å². The number of para-hydroxylation sites is 1. The first-order valence-electron chi connectivity index (χ1n) is 17.4. The molecule has 49 heavy (non-hydrogen) atoms. The number of carbonyl (C=O) groups excluding carboxylic acids is 3. The second-order valence-electron chi connectivity index (χ2n) is 13.1. The van der Waals surface area contributed by atoms with Crippen LogP contribution in [0, 0.1) is 12.8 Å². The molecule has 1 aliphatic heterocycles. The molecule has 3 aromatic carbocycles. The minimum absolute atomic E-state index is 0.0130. The Morgan fingerprint density at radius 3 is 2.43 bits per heavy atom. The highest BCUT2D eigenvalue weighted by atomic mass is 32.2. The fourth-order valence-electron chi connectivity index (χ4n) is 6.59. The number of rotatable bonds is 9. The smallest absolute Gasteiger partial charge is 0.243 e. The number of Topliss-reactive ketones (excluding diaryl/α,β-unsaturated/α-hetero) is 1. The molecule has 3 atom stereocenters. The number of benzene rings is 3. The van der Waals surface area contributed by atoms with Crippen LogP contribution in [0.25, 0.3) is 10.9 Å². The number of fused-ring (bicyclic) bond motifs is 3. The molecule has 1 aromatic heterocycles. The molecule has 0 unspecified atom stereocenters. The second kappa shape index (κ2) is 17.6. The van der Waals surface area contributed by atoms with E-state index in [1.54, 1.807) is 23.7 Å². The van der Waals surface area contributed by atoms with E-state index < -0.39 is 18.0 Å². The Morgan fingerprint density at radius 2 is 1.61 bits per heavy atom. The third-order valence-electron chi connectivity index (χ3n) is 9.50. The predicted octanol–water partition coefficient (Wildman–Crippen LogP) is 5.23. The number of nitrogens with two attached hydrogens (primary N) is 2. The van der Waals surface area contributed by atoms with Gasteiger partial charge in [0, 0.05) is 65.8 Å². The number of hydrogen-bond donors (Lipinski definition) is 5. The zero-order valence-electron chi connectivity index (χ0n) is 28.7. The lowest BCUT2D eigenvalue weighted by atomic mass is 9.90. The van der Waals surface area contributed by atoms with Gasteiger partial charge in [0.1, 0.15) is 6.04 Å². The van der Waals surface area contributed by atoms with Gasteiger partial charge in [0.15, 0.2) is 5.78 Å². The molecule has 4 aromatic rings. The van der Waals surface area contributed by atoms with Gasteiger partial charge < -0.3 is 32.0 Å². The standard InChI is InChI=1S/C39H50N6O3S/c1-26-16-17-29-24-44-38(47)34(21-30-25-42-32-13-5-4-12-31(30)32)45(2)39(48)27(10-7-8-18-40)22-35(46)33(14-9-19-41)43-23-28-11-3-6-15-36(28)49-37(29)20-26/h3-6,11-13,15-17,20,25,27,33-34,42-43H,7-10,14,18-19,21-24,40-41H2,1-2H3,(H,44,47)/t27-,33+,34+/m1/s1. The van der Waals surface area contributed by atoms with E-state index in [2.05, 4.69) is 52.9 Å². The average Bonchev–Trinajstić information content (AvgIpc) is 3.52. The highest BCUT2D eigenvalue weighted by Crippen LogP contribution is 2.34. The number of H-pyrrole nitrogens is 1. The molecule has 7 N–H and O–H groups in total. The van der Waals surface area contributed by atoms with Crippen LogP contribution in [0.3, 0.4) is 0 Å². The number of ketones is 1. The Kier molecular flexibility index (Phi) is 13.1. The number of amides is 2. The molecule has 0 aliphatic carbocycles. The van der Waals surface area contributed by atoms with Crippen molar-refractivity contribution in [2.75, 3.05) is 20.1 Å². The lowest BCUT2D eigenvalue weighted by molar-refractivity contribution is -0.143. The highest BCUT2D eigenvalue weighted by molar-refractivity contribution is 7.99. The number of unbranched alkanes of at least 4 members (excludes halogenated alkanes) is 1. The molecule has 0 bridgehead atoms. The highest BCUT2D eigenvalue weighted by Gasteiger charge is 2.34. The number of likely N-dealkylation sites (N-methyl/N-ethyl adjacent to an activating group) is 1. The van der Waals surface area contributed by atoms with Crippen molar-refractivity contribution in [3.8, 4) is 0 Å². The van der Waals surface area contributed by atoms with E-state index in [-0.39, 0.29) is 24.0 Å². The molecule has 0 saturated heterocycles. The summed E-state index contributed by atoms with van der Waals surface area (Å²) in [4.78, 5) is 49.7. The maximum Gasteiger partial charge on any atom is 0.243 e. The summed E-state index contributed by atoms with van der Waals surface area (Å²) >= 11 is 1.66. The molecule has 260 valence electrons. The number of aromatic amines is 1. The van der Waals surface area contributed by atoms with Crippen LogP contribution in [0.2, 0.25) is 0 Å². The molecule has 2 amide bonds. The molecule has 0 spiro atoms. The van der Waals surface area contributed by atoms with Crippen LogP contribution in [-0.2, 0) is 33.9 Å². The van der Waals surface area contributed by atoms with E-state index in [1.807, 2.05) is 42.6 Å². The summed E-state index contributed by atoms with van der Waals surface area (Å²) in [5.41, 5.74) is 16.8. The number of aromatic nitrogens is 1. The first kappa shape index (κ1) is 36.3. The number of aryl methyl sites for hydroxylation is 1. The van der Waals surface area contributed by atoms with Crippen molar-refractivity contribution < 1.29 is 14.4 Å². The summed E-state index contributed by atoms with van der Waals surface area (Å²) in [6, 6.07) is 21.2. The Balaban J connectivity index is 1.55. The van der Waals surface area contributed by atoms with Gasteiger partial charge in [0.05, 0.1) is 6.04 Å². The molecule has 0 fully saturated rings. The summed E-state index contributed by atoms with van der Waals surface area (Å²) in [6.45, 7) is 3.86. The largest absolute Gasteiger partial charge is 0.361 e. The Bertz CT molecular complexity index is 1740. The summed E-state index contributed by atoms with van der Waals surface area (Å²) < 4.78 is 0. The van der Waals surface area contributed by atoms with Gasteiger partial charge in [-0.2, -0.15) is 0 Å². The Labute approximate surface area is 294 Å². The predicted molar refractivity (Wildman–Crippen MR) is 197 cm³/mol. The lowest BCUT2D eigenvalue weighted by Crippen LogP contribution is -2.51. The molecular weight excluding hydrogens is 633 g/mol. The van der Waals surface area contributed by atoms with E-state index >= 15 is 0 Å². The molecule has 1 aliphatic rings. The summed E-state index contributed by atoms with van der Waals surface area (Å²) in [5.74, 6) is -1.03. The fraction of sp³-hybridized carbons (Fsp3) is 0.410. The fourth-order valence-corrected chi connectivity index (χ4v) is 7.76. The van der Waals surface area contributed by atoms with Crippen molar-refractivity contribution in [2.24, 2.45) is 17.4 Å². The molecule has 0 radical (unpaired) electrons. The van der Waals surface area contributed by atoms with Crippen molar-refractivity contribution in [3.05, 3.63) is 95.2 Å². The van der Waals surface area contributed by atoms with E-state index in [9.17, 15) is 14.4 Å². The molecule has 10 heteroatoms. The second-order valence-corrected chi connectivity index (χ2v) is 14.2. The van der Waals surface area contributed by atoms with Crippen LogP contribution in [-0.4, -0.2) is 59.7 Å². The van der Waals surface area contributed by atoms with Gasteiger partial charge in [-0.05, 0) is 86.1 Å². The maximum atomic E-state index is 14.4. The molecule has 0 saturated carbocycles. The van der Waals surface area contributed by atoms with Crippen molar-refractivity contribution >= 4 is 40.3 Å².